The zero-order valence-corrected chi connectivity index (χ0v) is 31.9. The van der Waals surface area contributed by atoms with Crippen molar-refractivity contribution >= 4 is 17.4 Å². The number of aromatic nitrogens is 1. The number of fused-ring (bicyclic) bond motifs is 7. The summed E-state index contributed by atoms with van der Waals surface area (Å²) in [5.74, 6) is 1.89. The number of rotatable bonds is 6. The van der Waals surface area contributed by atoms with Gasteiger partial charge in [0.25, 0.3) is 0 Å². The van der Waals surface area contributed by atoms with Gasteiger partial charge in [-0.2, -0.15) is 0 Å². The molecule has 0 spiro atoms. The van der Waals surface area contributed by atoms with E-state index in [4.69, 9.17) is 0 Å². The summed E-state index contributed by atoms with van der Waals surface area (Å²) in [6.07, 6.45) is 18.7. The molecule has 8 atom stereocenters. The van der Waals surface area contributed by atoms with E-state index in [1.54, 1.807) is 18.2 Å². The van der Waals surface area contributed by atoms with Gasteiger partial charge in [0, 0.05) is 31.9 Å². The third-order valence-corrected chi connectivity index (χ3v) is 15.6. The first-order valence-corrected chi connectivity index (χ1v) is 19.5. The first-order valence-electron chi connectivity index (χ1n) is 19.5. The molecule has 5 aliphatic carbocycles. The van der Waals surface area contributed by atoms with Gasteiger partial charge in [-0.15, -0.1) is 6.58 Å². The van der Waals surface area contributed by atoms with Crippen molar-refractivity contribution in [2.45, 2.75) is 112 Å². The zero-order chi connectivity index (χ0) is 36.1. The maximum atomic E-state index is 14.4. The monoisotopic (exact) mass is 678 g/mol. The number of aromatic carboxylic acids is 1. The van der Waals surface area contributed by atoms with Gasteiger partial charge in [-0.3, -0.25) is 9.78 Å². The van der Waals surface area contributed by atoms with E-state index in [0.29, 0.717) is 35.1 Å². The van der Waals surface area contributed by atoms with Crippen LogP contribution in [-0.2, 0) is 11.2 Å². The average molecular weight is 679 g/mol. The van der Waals surface area contributed by atoms with Gasteiger partial charge in [-0.05, 0) is 145 Å². The van der Waals surface area contributed by atoms with Gasteiger partial charge < -0.3 is 10.0 Å². The Hall–Kier alpha value is -3.21. The quantitative estimate of drug-likeness (QED) is 0.309. The van der Waals surface area contributed by atoms with Crippen LogP contribution >= 0.6 is 0 Å². The van der Waals surface area contributed by atoms with Crippen LogP contribution in [0, 0.1) is 50.7 Å². The molecular weight excluding hydrogens is 617 g/mol. The van der Waals surface area contributed by atoms with Gasteiger partial charge in [0.2, 0.25) is 5.91 Å². The number of carbonyl (C=O) groups excluding carboxylic acids is 1. The molecule has 0 radical (unpaired) electrons. The molecule has 0 aliphatic heterocycles. The summed E-state index contributed by atoms with van der Waals surface area (Å²) in [5.41, 5.74) is 4.52. The van der Waals surface area contributed by atoms with Crippen LogP contribution < -0.4 is 0 Å². The highest BCUT2D eigenvalue weighted by Gasteiger charge is 2.70. The van der Waals surface area contributed by atoms with Crippen LogP contribution in [0.25, 0.3) is 5.57 Å². The lowest BCUT2D eigenvalue weighted by molar-refractivity contribution is -0.223. The second-order valence-electron chi connectivity index (χ2n) is 18.0. The second kappa shape index (κ2) is 13.4. The van der Waals surface area contributed by atoms with E-state index in [-0.39, 0.29) is 27.1 Å². The average Bonchev–Trinajstić information content (AvgIpc) is 3.53. The summed E-state index contributed by atoms with van der Waals surface area (Å²) in [6, 6.07) is 13.6. The summed E-state index contributed by atoms with van der Waals surface area (Å²) in [6.45, 7) is 18.8. The predicted molar refractivity (Wildman–Crippen MR) is 203 cm³/mol. The van der Waals surface area contributed by atoms with E-state index >= 15 is 0 Å². The summed E-state index contributed by atoms with van der Waals surface area (Å²) >= 11 is 0. The second-order valence-corrected chi connectivity index (χ2v) is 18.0. The molecule has 5 aliphatic rings. The van der Waals surface area contributed by atoms with Crippen molar-refractivity contribution in [3.63, 3.8) is 0 Å². The Morgan fingerprint density at radius 1 is 0.900 bits per heavy atom. The molecule has 5 heteroatoms. The van der Waals surface area contributed by atoms with Crippen LogP contribution in [0.15, 0.2) is 67.4 Å². The largest absolute Gasteiger partial charge is 0.478 e. The summed E-state index contributed by atoms with van der Waals surface area (Å²) < 4.78 is 0. The van der Waals surface area contributed by atoms with Crippen LogP contribution in [0.1, 0.15) is 127 Å². The summed E-state index contributed by atoms with van der Waals surface area (Å²) in [5, 5.41) is 9.46. The van der Waals surface area contributed by atoms with Crippen LogP contribution in [0.3, 0.4) is 0 Å². The Balaban J connectivity index is 0.00000139. The molecule has 1 heterocycles. The lowest BCUT2D eigenvalue weighted by atomic mass is 9.32. The van der Waals surface area contributed by atoms with Gasteiger partial charge >= 0.3 is 5.97 Å². The van der Waals surface area contributed by atoms with Gasteiger partial charge in [-0.1, -0.05) is 71.4 Å². The topological polar surface area (TPSA) is 70.5 Å². The van der Waals surface area contributed by atoms with E-state index in [1.165, 1.54) is 56.1 Å². The molecule has 1 amide bonds. The molecular formula is C45H62N2O3. The number of hydrogen-bond donors (Lipinski definition) is 1. The molecule has 7 unspecified atom stereocenters. The number of benzene rings is 1. The smallest absolute Gasteiger partial charge is 0.335 e. The number of amides is 1. The molecule has 1 aromatic carbocycles. The Morgan fingerprint density at radius 3 is 2.28 bits per heavy atom. The minimum Gasteiger partial charge on any atom is -0.478 e. The third kappa shape index (κ3) is 5.60. The Labute approximate surface area is 302 Å². The SMILES string of the molecule is C=CC.CN(CCc1ccccn1)C(=O)C12CCCC1C1CCC3C4(C)CC=C(c5ccc(C(=O)O)cc5)C(C)(C)C4CCC3(C)[C@]1(C)CC2. The highest BCUT2D eigenvalue weighted by Crippen LogP contribution is 2.77. The fraction of sp³-hybridized carbons (Fsp3) is 0.622. The molecule has 4 saturated carbocycles. The Bertz CT molecular complexity index is 1610. The minimum absolute atomic E-state index is 0.0102. The lowest BCUT2D eigenvalue weighted by Crippen LogP contribution is -2.65. The summed E-state index contributed by atoms with van der Waals surface area (Å²) in [7, 11) is 2.04. The molecule has 5 nitrogen and oxygen atoms in total. The first-order chi connectivity index (χ1) is 23.7. The maximum Gasteiger partial charge on any atom is 0.335 e. The van der Waals surface area contributed by atoms with E-state index in [0.717, 1.165) is 37.9 Å². The number of nitrogens with zero attached hydrogens (tertiary/aromatic N) is 2. The van der Waals surface area contributed by atoms with Crippen LogP contribution in [0.4, 0.5) is 0 Å². The molecule has 1 aromatic heterocycles. The van der Waals surface area contributed by atoms with Gasteiger partial charge in [0.05, 0.1) is 11.0 Å². The standard InChI is InChI=1S/C42H56N2O3.C3H6/c1-38(2)31(28-12-14-29(15-13-28)36(45)46)18-22-39(3)34(38)19-23-41(5)35(39)17-16-32-33-11-9-21-42(33,25-24-40(32,41)4)37(47)44(6)27-20-30-10-7-8-26-43-30;1-3-2/h7-8,10,12-15,18,26,32-35H,9,11,16-17,19-25,27H2,1-6H3,(H,45,46);3H,1H2,2H3/t32?,33?,34?,35?,39?,40-,41?,42?;/m1./s1. The van der Waals surface area contributed by atoms with Crippen LogP contribution in [0.5, 0.6) is 0 Å². The lowest BCUT2D eigenvalue weighted by Gasteiger charge is -2.72. The number of hydrogen-bond acceptors (Lipinski definition) is 3. The van der Waals surface area contributed by atoms with Crippen LogP contribution in [0.2, 0.25) is 0 Å². The van der Waals surface area contributed by atoms with Crippen LogP contribution in [-0.4, -0.2) is 40.5 Å². The van der Waals surface area contributed by atoms with Gasteiger partial charge in [0.15, 0.2) is 0 Å². The highest BCUT2D eigenvalue weighted by atomic mass is 16.4. The Kier molecular flexibility index (Phi) is 9.80. The van der Waals surface area contributed by atoms with Crippen molar-refractivity contribution in [1.29, 1.82) is 0 Å². The molecule has 50 heavy (non-hydrogen) atoms. The van der Waals surface area contributed by atoms with Crippen molar-refractivity contribution in [3.05, 3.63) is 84.2 Å². The molecule has 2 aromatic rings. The van der Waals surface area contributed by atoms with E-state index in [9.17, 15) is 14.7 Å². The number of pyridine rings is 1. The molecule has 7 rings (SSSR count). The van der Waals surface area contributed by atoms with Crippen molar-refractivity contribution in [3.8, 4) is 0 Å². The van der Waals surface area contributed by atoms with Gasteiger partial charge in [-0.25, -0.2) is 4.79 Å². The van der Waals surface area contributed by atoms with Crippen molar-refractivity contribution in [2.75, 3.05) is 13.6 Å². The molecule has 4 fully saturated rings. The molecule has 0 bridgehead atoms. The molecule has 270 valence electrons. The summed E-state index contributed by atoms with van der Waals surface area (Å²) in [4.78, 5) is 32.5. The number of carboxylic acids is 1. The van der Waals surface area contributed by atoms with Gasteiger partial charge in [0.1, 0.15) is 0 Å². The Morgan fingerprint density at radius 2 is 1.62 bits per heavy atom. The number of carboxylic acid groups (broad SMARTS) is 1. The van der Waals surface area contributed by atoms with Crippen molar-refractivity contribution in [1.82, 2.24) is 9.88 Å². The number of carbonyl (C=O) groups is 2. The highest BCUT2D eigenvalue weighted by molar-refractivity contribution is 5.88. The van der Waals surface area contributed by atoms with E-state index < -0.39 is 5.97 Å². The van der Waals surface area contributed by atoms with Crippen molar-refractivity contribution in [2.24, 2.45) is 50.7 Å². The number of allylic oxidation sites excluding steroid dienone is 3. The normalized spacial score (nSPS) is 36.6. The molecule has 1 N–H and O–H groups in total. The van der Waals surface area contributed by atoms with E-state index in [2.05, 4.69) is 63.2 Å². The number of likely N-dealkylation sites (N-methyl/N-ethyl adjacent to an activating group) is 1. The van der Waals surface area contributed by atoms with Crippen molar-refractivity contribution < 1.29 is 14.7 Å². The molecule has 0 saturated heterocycles. The minimum atomic E-state index is -0.869. The van der Waals surface area contributed by atoms with E-state index in [1.807, 2.05) is 44.4 Å². The third-order valence-electron chi connectivity index (χ3n) is 15.6. The fourth-order valence-electron chi connectivity index (χ4n) is 13.1. The first kappa shape index (κ1) is 36.6. The zero-order valence-electron chi connectivity index (χ0n) is 31.9. The fourth-order valence-corrected chi connectivity index (χ4v) is 13.1. The maximum absolute atomic E-state index is 14.4. The predicted octanol–water partition coefficient (Wildman–Crippen LogP) is 10.5.